The van der Waals surface area contributed by atoms with E-state index in [1.165, 1.54) is 4.90 Å². The van der Waals surface area contributed by atoms with Crippen molar-refractivity contribution in [1.82, 2.24) is 0 Å². The normalized spacial score (nSPS) is 20.2. The average Bonchev–Trinajstić information content (AvgIpc) is 2.93. The van der Waals surface area contributed by atoms with E-state index in [1.54, 1.807) is 47.8 Å². The van der Waals surface area contributed by atoms with Crippen LogP contribution >= 0.6 is 62.7 Å². The number of hydrogen-bond acceptors (Lipinski definition) is 3. The van der Waals surface area contributed by atoms with E-state index in [1.807, 2.05) is 0 Å². The Balaban J connectivity index is 2.40. The maximum atomic E-state index is 11.6. The number of benzene rings is 1. The first-order valence-corrected chi connectivity index (χ1v) is 9.75. The lowest BCUT2D eigenvalue weighted by Crippen LogP contribution is -2.21. The number of carbonyl (C=O) groups excluding carboxylic acids is 1. The van der Waals surface area contributed by atoms with Gasteiger partial charge in [-0.05, 0) is 24.3 Å². The summed E-state index contributed by atoms with van der Waals surface area (Å²) in [6.45, 7) is 3.81. The third-order valence-electron chi connectivity index (χ3n) is 2.75. The van der Waals surface area contributed by atoms with Crippen LogP contribution in [0, 0.1) is 0 Å². The zero-order valence-corrected chi connectivity index (χ0v) is 15.6. The number of anilines is 1. The Hall–Kier alpha value is -0.0700. The van der Waals surface area contributed by atoms with E-state index >= 15 is 0 Å². The Morgan fingerprint density at radius 2 is 2.14 bits per heavy atom. The zero-order chi connectivity index (χ0) is 15.4. The highest BCUT2D eigenvalue weighted by Gasteiger charge is 2.27. The summed E-state index contributed by atoms with van der Waals surface area (Å²) in [6, 6.07) is 7.04. The van der Waals surface area contributed by atoms with E-state index < -0.39 is 0 Å². The number of amides is 1. The predicted molar refractivity (Wildman–Crippen MR) is 99.6 cm³/mol. The molecule has 1 heterocycles. The number of thioether (sulfide) groups is 2. The van der Waals surface area contributed by atoms with Gasteiger partial charge >= 0.3 is 0 Å². The Morgan fingerprint density at radius 1 is 1.48 bits per heavy atom. The molecule has 7 heteroatoms. The van der Waals surface area contributed by atoms with Crippen molar-refractivity contribution in [3.8, 4) is 0 Å². The van der Waals surface area contributed by atoms with Gasteiger partial charge in [-0.25, -0.2) is 0 Å². The summed E-state index contributed by atoms with van der Waals surface area (Å²) in [5.41, 5.74) is 1.36. The molecule has 0 bridgehead atoms. The third-order valence-corrected chi connectivity index (χ3v) is 7.34. The first-order valence-electron chi connectivity index (χ1n) is 6.01. The summed E-state index contributed by atoms with van der Waals surface area (Å²) in [4.78, 5) is 13.1. The van der Waals surface area contributed by atoms with Crippen molar-refractivity contribution in [1.29, 1.82) is 0 Å². The van der Waals surface area contributed by atoms with Crippen LogP contribution in [0.4, 0.5) is 5.69 Å². The molecule has 1 aliphatic heterocycles. The molecule has 2 nitrogen and oxygen atoms in total. The Labute approximate surface area is 151 Å². The fourth-order valence-electron chi connectivity index (χ4n) is 1.77. The molecule has 1 aromatic rings. The maximum Gasteiger partial charge on any atom is 0.218 e. The van der Waals surface area contributed by atoms with Gasteiger partial charge in [0.25, 0.3) is 0 Å². The monoisotopic (exact) mass is 423 g/mol. The third kappa shape index (κ3) is 4.23. The summed E-state index contributed by atoms with van der Waals surface area (Å²) >= 11 is 18.9. The molecule has 0 aromatic heterocycles. The van der Waals surface area contributed by atoms with Crippen LogP contribution in [-0.2, 0) is 4.79 Å². The SMILES string of the molecule is C=C(Cl)/C(=C1/SCC(CBr)S1)N(C=O)c1ccc(Cl)cc1. The number of rotatable bonds is 5. The van der Waals surface area contributed by atoms with Crippen LogP contribution in [0.3, 0.4) is 0 Å². The lowest BCUT2D eigenvalue weighted by molar-refractivity contribution is -0.107. The van der Waals surface area contributed by atoms with Crippen molar-refractivity contribution in [2.75, 3.05) is 16.0 Å². The van der Waals surface area contributed by atoms with Gasteiger partial charge in [-0.2, -0.15) is 0 Å². The first kappa shape index (κ1) is 17.3. The maximum absolute atomic E-state index is 11.6. The van der Waals surface area contributed by atoms with Crippen molar-refractivity contribution >= 4 is 74.8 Å². The molecule has 0 spiro atoms. The molecule has 1 aromatic carbocycles. The summed E-state index contributed by atoms with van der Waals surface area (Å²) in [7, 11) is 0. The molecule has 0 radical (unpaired) electrons. The molecule has 1 aliphatic rings. The van der Waals surface area contributed by atoms with Gasteiger partial charge in [0.2, 0.25) is 6.41 Å². The summed E-state index contributed by atoms with van der Waals surface area (Å²) in [5, 5.41) is 2.34. The number of nitrogens with zero attached hydrogens (tertiary/aromatic N) is 1. The van der Waals surface area contributed by atoms with E-state index in [9.17, 15) is 4.79 Å². The smallest absolute Gasteiger partial charge is 0.218 e. The minimum absolute atomic E-state index is 0.349. The fraction of sp³-hybridized carbons (Fsp3) is 0.214. The van der Waals surface area contributed by atoms with Gasteiger partial charge in [0.05, 0.1) is 15.0 Å². The molecular formula is C14H12BrCl2NOS2. The highest BCUT2D eigenvalue weighted by atomic mass is 79.9. The molecule has 112 valence electrons. The van der Waals surface area contributed by atoms with Gasteiger partial charge in [-0.15, -0.1) is 23.5 Å². The molecule has 1 amide bonds. The number of carbonyl (C=O) groups is 1. The van der Waals surface area contributed by atoms with E-state index in [-0.39, 0.29) is 0 Å². The van der Waals surface area contributed by atoms with Gasteiger partial charge in [-0.1, -0.05) is 45.7 Å². The van der Waals surface area contributed by atoms with E-state index in [4.69, 9.17) is 23.2 Å². The second-order valence-corrected chi connectivity index (χ2v) is 8.34. The van der Waals surface area contributed by atoms with Gasteiger partial charge in [0, 0.05) is 27.0 Å². The molecule has 21 heavy (non-hydrogen) atoms. The van der Waals surface area contributed by atoms with Crippen LogP contribution < -0.4 is 4.90 Å². The summed E-state index contributed by atoms with van der Waals surface area (Å²) in [5.74, 6) is 0.978. The molecular weight excluding hydrogens is 413 g/mol. The quantitative estimate of drug-likeness (QED) is 0.461. The second-order valence-electron chi connectivity index (χ2n) is 4.20. The van der Waals surface area contributed by atoms with E-state index in [0.29, 0.717) is 26.7 Å². The average molecular weight is 425 g/mol. The predicted octanol–water partition coefficient (Wildman–Crippen LogP) is 5.47. The van der Waals surface area contributed by atoms with E-state index in [0.717, 1.165) is 21.7 Å². The minimum atomic E-state index is 0.349. The summed E-state index contributed by atoms with van der Waals surface area (Å²) < 4.78 is 1.02. The van der Waals surface area contributed by atoms with Crippen molar-refractivity contribution in [3.05, 3.63) is 50.8 Å². The molecule has 1 atom stereocenters. The topological polar surface area (TPSA) is 20.3 Å². The second kappa shape index (κ2) is 7.97. The molecule has 1 fully saturated rings. The van der Waals surface area contributed by atoms with Crippen molar-refractivity contribution in [2.45, 2.75) is 5.25 Å². The van der Waals surface area contributed by atoms with Crippen molar-refractivity contribution in [2.24, 2.45) is 0 Å². The van der Waals surface area contributed by atoms with Crippen LogP contribution in [-0.4, -0.2) is 22.7 Å². The van der Waals surface area contributed by atoms with Crippen molar-refractivity contribution in [3.63, 3.8) is 0 Å². The Kier molecular flexibility index (Phi) is 6.56. The van der Waals surface area contributed by atoms with Gasteiger partial charge in [0.15, 0.2) is 0 Å². The molecule has 1 unspecified atom stereocenters. The number of halogens is 3. The highest BCUT2D eigenvalue weighted by Crippen LogP contribution is 2.47. The number of alkyl halides is 1. The minimum Gasteiger partial charge on any atom is -0.280 e. The van der Waals surface area contributed by atoms with Crippen LogP contribution in [0.1, 0.15) is 0 Å². The van der Waals surface area contributed by atoms with Crippen molar-refractivity contribution < 1.29 is 4.79 Å². The molecule has 1 saturated heterocycles. The van der Waals surface area contributed by atoms with Gasteiger partial charge < -0.3 is 0 Å². The Morgan fingerprint density at radius 3 is 2.62 bits per heavy atom. The standard InChI is InChI=1S/C14H12BrCl2NOS2/c1-9(16)13(14-20-7-12(6-15)21-14)18(8-19)11-4-2-10(17)3-5-11/h2-5,8,12H,1,6-7H2/b14-13+. The molecule has 0 N–H and O–H groups in total. The fourth-order valence-corrected chi connectivity index (χ4v) is 6.00. The first-order chi connectivity index (χ1) is 10.1. The van der Waals surface area contributed by atoms with E-state index in [2.05, 4.69) is 22.5 Å². The number of hydrogen-bond donors (Lipinski definition) is 0. The summed E-state index contributed by atoms with van der Waals surface area (Å²) in [6.07, 6.45) is 0.752. The van der Waals surface area contributed by atoms with Gasteiger partial charge in [-0.3, -0.25) is 9.69 Å². The van der Waals surface area contributed by atoms with Crippen LogP contribution in [0.5, 0.6) is 0 Å². The lowest BCUT2D eigenvalue weighted by Gasteiger charge is -2.22. The van der Waals surface area contributed by atoms with Crippen LogP contribution in [0.15, 0.2) is 45.8 Å². The molecule has 2 rings (SSSR count). The number of allylic oxidation sites excluding steroid dienone is 1. The largest absolute Gasteiger partial charge is 0.280 e. The molecule has 0 aliphatic carbocycles. The van der Waals surface area contributed by atoms with Crippen LogP contribution in [0.2, 0.25) is 5.02 Å². The van der Waals surface area contributed by atoms with Gasteiger partial charge in [0.1, 0.15) is 0 Å². The lowest BCUT2D eigenvalue weighted by atomic mass is 10.2. The zero-order valence-electron chi connectivity index (χ0n) is 10.9. The van der Waals surface area contributed by atoms with Crippen LogP contribution in [0.25, 0.3) is 0 Å². The Bertz CT molecular complexity index is 577. The highest BCUT2D eigenvalue weighted by molar-refractivity contribution is 9.09. The molecule has 0 saturated carbocycles.